The molecule has 63 valence electrons. The molecule has 1 N–H and O–H groups in total. The van der Waals surface area contributed by atoms with E-state index < -0.39 is 0 Å². The van der Waals surface area contributed by atoms with E-state index in [1.807, 2.05) is 19.1 Å². The minimum absolute atomic E-state index is 0.619. The SMILES string of the molecule is CCOc1cccc(N[C]=O)c1. The first-order chi connectivity index (χ1) is 5.86. The quantitative estimate of drug-likeness (QED) is 0.686. The normalized spacial score (nSPS) is 9.08. The van der Waals surface area contributed by atoms with Crippen LogP contribution in [0.25, 0.3) is 0 Å². The van der Waals surface area contributed by atoms with Crippen molar-refractivity contribution in [3.8, 4) is 5.75 Å². The van der Waals surface area contributed by atoms with Crippen molar-refractivity contribution in [1.29, 1.82) is 0 Å². The minimum Gasteiger partial charge on any atom is -0.494 e. The van der Waals surface area contributed by atoms with Gasteiger partial charge in [-0.15, -0.1) is 0 Å². The van der Waals surface area contributed by atoms with E-state index >= 15 is 0 Å². The molecule has 1 radical (unpaired) electrons. The van der Waals surface area contributed by atoms with E-state index in [0.29, 0.717) is 12.3 Å². The highest BCUT2D eigenvalue weighted by atomic mass is 16.5. The summed E-state index contributed by atoms with van der Waals surface area (Å²) in [6.45, 7) is 2.53. The van der Waals surface area contributed by atoms with Crippen molar-refractivity contribution in [2.24, 2.45) is 0 Å². The first kappa shape index (κ1) is 8.59. The molecule has 1 aromatic carbocycles. The number of hydrogen-bond donors (Lipinski definition) is 1. The fraction of sp³-hybridized carbons (Fsp3) is 0.222. The molecule has 0 saturated heterocycles. The summed E-state index contributed by atoms with van der Waals surface area (Å²) >= 11 is 0. The fourth-order valence-corrected chi connectivity index (χ4v) is 0.889. The summed E-state index contributed by atoms with van der Waals surface area (Å²) in [6.07, 6.45) is 1.60. The van der Waals surface area contributed by atoms with Gasteiger partial charge in [-0.05, 0) is 19.1 Å². The van der Waals surface area contributed by atoms with Gasteiger partial charge in [0.2, 0.25) is 0 Å². The van der Waals surface area contributed by atoms with Gasteiger partial charge >= 0.3 is 6.41 Å². The lowest BCUT2D eigenvalue weighted by Gasteiger charge is -2.03. The van der Waals surface area contributed by atoms with Crippen molar-refractivity contribution < 1.29 is 9.53 Å². The van der Waals surface area contributed by atoms with Crippen LogP contribution in [-0.4, -0.2) is 13.0 Å². The molecule has 1 aromatic rings. The van der Waals surface area contributed by atoms with Crippen LogP contribution in [0.4, 0.5) is 5.69 Å². The number of rotatable bonds is 4. The lowest BCUT2D eigenvalue weighted by Crippen LogP contribution is -1.95. The summed E-state index contributed by atoms with van der Waals surface area (Å²) in [4.78, 5) is 9.97. The summed E-state index contributed by atoms with van der Waals surface area (Å²) < 4.78 is 5.22. The Morgan fingerprint density at radius 3 is 3.08 bits per heavy atom. The van der Waals surface area contributed by atoms with Crippen molar-refractivity contribution in [3.05, 3.63) is 24.3 Å². The Labute approximate surface area is 71.4 Å². The van der Waals surface area contributed by atoms with Crippen LogP contribution >= 0.6 is 0 Å². The Morgan fingerprint density at radius 1 is 1.58 bits per heavy atom. The highest BCUT2D eigenvalue weighted by Crippen LogP contribution is 2.16. The average molecular weight is 164 g/mol. The van der Waals surface area contributed by atoms with E-state index in [0.717, 1.165) is 5.75 Å². The van der Waals surface area contributed by atoms with Crippen LogP contribution in [0.5, 0.6) is 5.75 Å². The summed E-state index contributed by atoms with van der Waals surface area (Å²) in [7, 11) is 0. The highest BCUT2D eigenvalue weighted by molar-refractivity contribution is 5.72. The van der Waals surface area contributed by atoms with Crippen LogP contribution in [-0.2, 0) is 4.79 Å². The molecule has 0 fully saturated rings. The smallest absolute Gasteiger partial charge is 0.314 e. The molecule has 0 atom stereocenters. The Kier molecular flexibility index (Phi) is 3.14. The third kappa shape index (κ3) is 2.27. The molecule has 0 aliphatic rings. The first-order valence-corrected chi connectivity index (χ1v) is 3.73. The Morgan fingerprint density at radius 2 is 2.42 bits per heavy atom. The maximum Gasteiger partial charge on any atom is 0.314 e. The van der Waals surface area contributed by atoms with E-state index in [9.17, 15) is 4.79 Å². The second-order valence-electron chi connectivity index (χ2n) is 2.19. The summed E-state index contributed by atoms with van der Waals surface area (Å²) in [5, 5.41) is 2.42. The standard InChI is InChI=1S/C9H10NO2/c1-2-12-9-5-3-4-8(6-9)10-7-11/h3-6H,2H2,1H3,(H,10,11). The molecular formula is C9H10NO2. The molecule has 3 heteroatoms. The second-order valence-corrected chi connectivity index (χ2v) is 2.19. The van der Waals surface area contributed by atoms with Gasteiger partial charge in [-0.25, -0.2) is 0 Å². The predicted molar refractivity (Wildman–Crippen MR) is 46.9 cm³/mol. The topological polar surface area (TPSA) is 38.3 Å². The zero-order chi connectivity index (χ0) is 8.81. The largest absolute Gasteiger partial charge is 0.494 e. The molecule has 1 amide bonds. The zero-order valence-corrected chi connectivity index (χ0v) is 6.83. The zero-order valence-electron chi connectivity index (χ0n) is 6.83. The van der Waals surface area contributed by atoms with E-state index in [-0.39, 0.29) is 0 Å². The molecule has 0 bridgehead atoms. The van der Waals surface area contributed by atoms with Crippen LogP contribution in [0, 0.1) is 0 Å². The van der Waals surface area contributed by atoms with Gasteiger partial charge in [-0.1, -0.05) is 6.07 Å². The first-order valence-electron chi connectivity index (χ1n) is 3.73. The molecule has 3 nitrogen and oxygen atoms in total. The Bertz CT molecular complexity index is 260. The van der Waals surface area contributed by atoms with Gasteiger partial charge in [0.05, 0.1) is 6.61 Å². The second kappa shape index (κ2) is 4.38. The van der Waals surface area contributed by atoms with Crippen molar-refractivity contribution in [1.82, 2.24) is 0 Å². The number of benzene rings is 1. The summed E-state index contributed by atoms with van der Waals surface area (Å²) in [6, 6.07) is 7.16. The van der Waals surface area contributed by atoms with Crippen LogP contribution in [0.3, 0.4) is 0 Å². The number of hydrogen-bond acceptors (Lipinski definition) is 2. The molecule has 12 heavy (non-hydrogen) atoms. The van der Waals surface area contributed by atoms with Crippen LogP contribution in [0.15, 0.2) is 24.3 Å². The Balaban J connectivity index is 2.73. The van der Waals surface area contributed by atoms with Crippen molar-refractivity contribution in [2.45, 2.75) is 6.92 Å². The molecular weight excluding hydrogens is 154 g/mol. The van der Waals surface area contributed by atoms with Crippen LogP contribution in [0.1, 0.15) is 6.92 Å². The van der Waals surface area contributed by atoms with Gasteiger partial charge in [-0.2, -0.15) is 0 Å². The molecule has 0 aromatic heterocycles. The van der Waals surface area contributed by atoms with Gasteiger partial charge in [0.1, 0.15) is 5.75 Å². The maximum absolute atomic E-state index is 9.97. The molecule has 0 unspecified atom stereocenters. The lowest BCUT2D eigenvalue weighted by molar-refractivity contribution is 0.340. The van der Waals surface area contributed by atoms with E-state index in [1.54, 1.807) is 18.5 Å². The predicted octanol–water partition coefficient (Wildman–Crippen LogP) is 1.56. The van der Waals surface area contributed by atoms with Gasteiger partial charge in [0, 0.05) is 11.8 Å². The average Bonchev–Trinajstić information content (AvgIpc) is 2.06. The number of nitrogens with one attached hydrogen (secondary N) is 1. The van der Waals surface area contributed by atoms with Crippen molar-refractivity contribution in [2.75, 3.05) is 11.9 Å². The maximum atomic E-state index is 9.97. The molecule has 0 aliphatic heterocycles. The molecule has 0 saturated carbocycles. The molecule has 0 aliphatic carbocycles. The van der Waals surface area contributed by atoms with Crippen molar-refractivity contribution >= 4 is 12.1 Å². The third-order valence-corrected chi connectivity index (χ3v) is 1.34. The summed E-state index contributed by atoms with van der Waals surface area (Å²) in [5.41, 5.74) is 0.691. The Hall–Kier alpha value is -1.51. The van der Waals surface area contributed by atoms with Crippen molar-refractivity contribution in [3.63, 3.8) is 0 Å². The summed E-state index contributed by atoms with van der Waals surface area (Å²) in [5.74, 6) is 0.748. The molecule has 0 spiro atoms. The number of ether oxygens (including phenoxy) is 1. The fourth-order valence-electron chi connectivity index (χ4n) is 0.889. The number of anilines is 1. The minimum atomic E-state index is 0.619. The van der Waals surface area contributed by atoms with Gasteiger partial charge in [0.25, 0.3) is 0 Å². The van der Waals surface area contributed by atoms with Gasteiger partial charge in [0.15, 0.2) is 0 Å². The monoisotopic (exact) mass is 164 g/mol. The highest BCUT2D eigenvalue weighted by Gasteiger charge is 1.93. The van der Waals surface area contributed by atoms with Crippen LogP contribution in [0.2, 0.25) is 0 Å². The number of amides is 1. The number of carbonyl (C=O) groups excluding carboxylic acids is 1. The van der Waals surface area contributed by atoms with Gasteiger partial charge < -0.3 is 10.1 Å². The third-order valence-electron chi connectivity index (χ3n) is 1.34. The molecule has 1 rings (SSSR count). The van der Waals surface area contributed by atoms with E-state index in [4.69, 9.17) is 4.74 Å². The lowest BCUT2D eigenvalue weighted by atomic mass is 10.3. The van der Waals surface area contributed by atoms with E-state index in [2.05, 4.69) is 5.32 Å². The molecule has 0 heterocycles. The van der Waals surface area contributed by atoms with Crippen LogP contribution < -0.4 is 10.1 Å². The van der Waals surface area contributed by atoms with Gasteiger partial charge in [-0.3, -0.25) is 4.79 Å². The van der Waals surface area contributed by atoms with E-state index in [1.165, 1.54) is 0 Å².